The highest BCUT2D eigenvalue weighted by Gasteiger charge is 2.36. The van der Waals surface area contributed by atoms with Crippen LogP contribution in [0.3, 0.4) is 0 Å². The molecule has 0 fully saturated rings. The Kier molecular flexibility index (Phi) is 4.14. The molecule has 0 unspecified atom stereocenters. The number of para-hydroxylation sites is 3. The van der Waals surface area contributed by atoms with Crippen LogP contribution in [0.5, 0.6) is 11.5 Å². The summed E-state index contributed by atoms with van der Waals surface area (Å²) in [4.78, 5) is 31.1. The van der Waals surface area contributed by atoms with Crippen LogP contribution >= 0.6 is 11.8 Å². The molecule has 3 aliphatic rings. The lowest BCUT2D eigenvalue weighted by atomic mass is 10.0. The molecule has 0 bridgehead atoms. The first-order valence-electron chi connectivity index (χ1n) is 12.0. The number of ketones is 2. The van der Waals surface area contributed by atoms with Crippen molar-refractivity contribution in [3.05, 3.63) is 119 Å². The molecule has 37 heavy (non-hydrogen) atoms. The Morgan fingerprint density at radius 3 is 2.05 bits per heavy atom. The zero-order valence-electron chi connectivity index (χ0n) is 19.4. The Morgan fingerprint density at radius 2 is 1.30 bits per heavy atom. The first-order valence-corrected chi connectivity index (χ1v) is 12.8. The molecule has 1 aliphatic carbocycles. The second kappa shape index (κ2) is 7.45. The van der Waals surface area contributed by atoms with Gasteiger partial charge in [0.2, 0.25) is 0 Å². The molecular formula is C32H17NO3S. The predicted molar refractivity (Wildman–Crippen MR) is 146 cm³/mol. The normalized spacial score (nSPS) is 14.6. The van der Waals surface area contributed by atoms with Crippen molar-refractivity contribution in [2.75, 3.05) is 4.90 Å². The third-order valence-corrected chi connectivity index (χ3v) is 8.21. The van der Waals surface area contributed by atoms with Crippen molar-refractivity contribution in [2.24, 2.45) is 0 Å². The number of ether oxygens (including phenoxy) is 1. The Morgan fingerprint density at radius 1 is 0.649 bits per heavy atom. The van der Waals surface area contributed by atoms with Gasteiger partial charge in [-0.1, -0.05) is 60.3 Å². The molecular weight excluding hydrogens is 478 g/mol. The molecule has 4 nitrogen and oxygen atoms in total. The van der Waals surface area contributed by atoms with E-state index in [1.807, 2.05) is 78.9 Å². The Bertz CT molecular complexity index is 1760. The molecule has 0 spiro atoms. The maximum absolute atomic E-state index is 13.4. The fourth-order valence-corrected chi connectivity index (χ4v) is 6.56. The van der Waals surface area contributed by atoms with Gasteiger partial charge in [-0.15, -0.1) is 0 Å². The molecule has 0 aromatic heterocycles. The molecule has 2 aliphatic heterocycles. The number of carbonyl (C=O) groups excluding carboxylic acids is 2. The largest absolute Gasteiger partial charge is 0.453 e. The fraction of sp³-hybridized carbons (Fsp3) is 0. The number of rotatable bonds is 1. The standard InChI is InChI=1S/C32H17NO3S/c34-31-21-16-19-7-1-2-8-20(19)17-22(21)32(35)23(31)13-18-14-27-30-29(15-18)37-28-12-6-4-10-25(28)33(30)24-9-3-5-11-26(24)36-27/h1-17H. The minimum absolute atomic E-state index is 0.187. The maximum atomic E-state index is 13.4. The van der Waals surface area contributed by atoms with Crippen LogP contribution in [0.4, 0.5) is 17.1 Å². The van der Waals surface area contributed by atoms with Gasteiger partial charge in [0.05, 0.1) is 16.9 Å². The van der Waals surface area contributed by atoms with Gasteiger partial charge in [-0.2, -0.15) is 0 Å². The Balaban J connectivity index is 1.29. The molecule has 5 heteroatoms. The third-order valence-electron chi connectivity index (χ3n) is 7.11. The second-order valence-electron chi connectivity index (χ2n) is 9.30. The number of hydrogen-bond acceptors (Lipinski definition) is 5. The molecule has 0 saturated carbocycles. The molecule has 0 amide bonds. The third kappa shape index (κ3) is 2.92. The summed E-state index contributed by atoms with van der Waals surface area (Å²) in [5, 5.41) is 1.90. The van der Waals surface area contributed by atoms with Crippen LogP contribution in [-0.2, 0) is 0 Å². The molecule has 5 aromatic rings. The van der Waals surface area contributed by atoms with Gasteiger partial charge in [0.1, 0.15) is 5.69 Å². The monoisotopic (exact) mass is 495 g/mol. The molecule has 5 aromatic carbocycles. The lowest BCUT2D eigenvalue weighted by Gasteiger charge is -2.38. The van der Waals surface area contributed by atoms with Crippen molar-refractivity contribution >= 4 is 57.2 Å². The smallest absolute Gasteiger partial charge is 0.197 e. The van der Waals surface area contributed by atoms with Crippen molar-refractivity contribution in [1.82, 2.24) is 0 Å². The average Bonchev–Trinajstić information content (AvgIpc) is 3.15. The number of nitrogens with zero attached hydrogens (tertiary/aromatic N) is 1. The van der Waals surface area contributed by atoms with Crippen LogP contribution in [0.25, 0.3) is 16.8 Å². The zero-order valence-corrected chi connectivity index (χ0v) is 20.2. The van der Waals surface area contributed by atoms with Crippen LogP contribution in [0.2, 0.25) is 0 Å². The molecule has 174 valence electrons. The van der Waals surface area contributed by atoms with Gasteiger partial charge in [0.15, 0.2) is 23.1 Å². The van der Waals surface area contributed by atoms with Gasteiger partial charge in [-0.3, -0.25) is 9.59 Å². The number of hydrogen-bond donors (Lipinski definition) is 0. The minimum atomic E-state index is -0.233. The highest BCUT2D eigenvalue weighted by molar-refractivity contribution is 7.99. The van der Waals surface area contributed by atoms with E-state index < -0.39 is 0 Å². The number of allylic oxidation sites excluding steroid dienone is 1. The highest BCUT2D eigenvalue weighted by Crippen LogP contribution is 2.60. The molecule has 0 atom stereocenters. The van der Waals surface area contributed by atoms with Crippen LogP contribution in [0, 0.1) is 0 Å². The van der Waals surface area contributed by atoms with Gasteiger partial charge in [0.25, 0.3) is 0 Å². The maximum Gasteiger partial charge on any atom is 0.197 e. The minimum Gasteiger partial charge on any atom is -0.453 e. The number of anilines is 3. The number of Topliss-reactive ketones (excluding diaryl/α,β-unsaturated/α-hetero) is 2. The molecule has 2 heterocycles. The summed E-state index contributed by atoms with van der Waals surface area (Å²) < 4.78 is 6.36. The van der Waals surface area contributed by atoms with Crippen molar-refractivity contribution in [3.63, 3.8) is 0 Å². The Labute approximate surface area is 216 Å². The number of fused-ring (bicyclic) bond motifs is 6. The summed E-state index contributed by atoms with van der Waals surface area (Å²) >= 11 is 1.67. The zero-order chi connectivity index (χ0) is 24.7. The summed E-state index contributed by atoms with van der Waals surface area (Å²) in [6, 6.07) is 31.7. The van der Waals surface area contributed by atoms with E-state index >= 15 is 0 Å². The quantitative estimate of drug-likeness (QED) is 0.169. The van der Waals surface area contributed by atoms with Crippen LogP contribution in [-0.4, -0.2) is 11.6 Å². The van der Waals surface area contributed by atoms with Gasteiger partial charge in [-0.05, 0) is 70.9 Å². The summed E-state index contributed by atoms with van der Waals surface area (Å²) in [5.74, 6) is 0.997. The number of carbonyl (C=O) groups is 2. The summed E-state index contributed by atoms with van der Waals surface area (Å²) in [7, 11) is 0. The van der Waals surface area contributed by atoms with E-state index in [2.05, 4.69) is 23.1 Å². The highest BCUT2D eigenvalue weighted by atomic mass is 32.2. The number of benzene rings is 5. The van der Waals surface area contributed by atoms with Crippen molar-refractivity contribution in [1.29, 1.82) is 0 Å². The van der Waals surface area contributed by atoms with Crippen molar-refractivity contribution < 1.29 is 14.3 Å². The van der Waals surface area contributed by atoms with Gasteiger partial charge < -0.3 is 9.64 Å². The van der Waals surface area contributed by atoms with Crippen LogP contribution < -0.4 is 9.64 Å². The lowest BCUT2D eigenvalue weighted by Crippen LogP contribution is -2.19. The van der Waals surface area contributed by atoms with Gasteiger partial charge >= 0.3 is 0 Å². The van der Waals surface area contributed by atoms with Gasteiger partial charge in [-0.25, -0.2) is 0 Å². The van der Waals surface area contributed by atoms with E-state index in [1.54, 1.807) is 17.8 Å². The molecule has 0 radical (unpaired) electrons. The van der Waals surface area contributed by atoms with E-state index in [1.165, 1.54) is 0 Å². The van der Waals surface area contributed by atoms with E-state index in [-0.39, 0.29) is 17.1 Å². The molecule has 0 saturated heterocycles. The van der Waals surface area contributed by atoms with E-state index in [0.29, 0.717) is 16.9 Å². The lowest BCUT2D eigenvalue weighted by molar-refractivity contribution is 0.0990. The Hall–Kier alpha value is -4.61. The first kappa shape index (κ1) is 20.6. The molecule has 0 N–H and O–H groups in total. The van der Waals surface area contributed by atoms with E-state index in [0.717, 1.165) is 48.9 Å². The van der Waals surface area contributed by atoms with Crippen molar-refractivity contribution in [2.45, 2.75) is 9.79 Å². The van der Waals surface area contributed by atoms with Crippen LogP contribution in [0.15, 0.2) is 112 Å². The first-order chi connectivity index (χ1) is 18.2. The average molecular weight is 496 g/mol. The summed E-state index contributed by atoms with van der Waals surface area (Å²) in [6.45, 7) is 0. The second-order valence-corrected chi connectivity index (χ2v) is 10.4. The summed E-state index contributed by atoms with van der Waals surface area (Å²) in [6.07, 6.45) is 1.71. The van der Waals surface area contributed by atoms with Crippen LogP contribution in [0.1, 0.15) is 26.3 Å². The predicted octanol–water partition coefficient (Wildman–Crippen LogP) is 8.34. The SMILES string of the molecule is O=C1C(=Cc2cc3c4c(c2)Sc2ccccc2N4c2ccccc2O3)C(=O)c2cc3ccccc3cc21. The van der Waals surface area contributed by atoms with Gasteiger partial charge in [0, 0.05) is 20.9 Å². The van der Waals surface area contributed by atoms with E-state index in [9.17, 15) is 9.59 Å². The summed E-state index contributed by atoms with van der Waals surface area (Å²) in [5.41, 5.74) is 4.94. The van der Waals surface area contributed by atoms with E-state index in [4.69, 9.17) is 4.74 Å². The molecule has 8 rings (SSSR count). The topological polar surface area (TPSA) is 46.6 Å². The fourth-order valence-electron chi connectivity index (χ4n) is 5.43. The van der Waals surface area contributed by atoms with Crippen molar-refractivity contribution in [3.8, 4) is 11.5 Å².